The van der Waals surface area contributed by atoms with Crippen molar-refractivity contribution >= 4 is 11.9 Å². The Hall–Kier alpha value is -2.54. The molecular weight excluding hydrogens is 366 g/mol. The first-order valence-corrected chi connectivity index (χ1v) is 10.6. The number of amides is 1. The number of para-hydroxylation sites is 1. The number of aliphatic imine (C=N–C) groups is 1. The maximum absolute atomic E-state index is 12.0. The van der Waals surface area contributed by atoms with E-state index in [1.165, 1.54) is 0 Å². The summed E-state index contributed by atoms with van der Waals surface area (Å²) in [5.74, 6) is 1.91. The van der Waals surface area contributed by atoms with Crippen LogP contribution in [0.2, 0.25) is 0 Å². The van der Waals surface area contributed by atoms with Gasteiger partial charge in [0.05, 0.1) is 13.1 Å². The number of hydrogen-bond acceptors (Lipinski definition) is 4. The van der Waals surface area contributed by atoms with Crippen LogP contribution in [0, 0.1) is 0 Å². The van der Waals surface area contributed by atoms with Gasteiger partial charge in [0.2, 0.25) is 5.91 Å². The summed E-state index contributed by atoms with van der Waals surface area (Å²) in [6.45, 7) is 11.6. The number of carbonyl (C=O) groups excluding carboxylic acids is 1. The molecule has 0 radical (unpaired) electrons. The van der Waals surface area contributed by atoms with Gasteiger partial charge >= 0.3 is 0 Å². The summed E-state index contributed by atoms with van der Waals surface area (Å²) in [6.07, 6.45) is 4.00. The molecule has 0 atom stereocenters. The molecule has 1 aromatic carbocycles. The largest absolute Gasteiger partial charge is 0.489 e. The molecule has 2 N–H and O–H groups in total. The number of ether oxygens (including phenoxy) is 1. The minimum Gasteiger partial charge on any atom is -0.489 e. The Balaban J connectivity index is 1.54. The average molecular weight is 400 g/mol. The zero-order valence-electron chi connectivity index (χ0n) is 17.4. The molecule has 1 heterocycles. The number of hydrogen-bond donors (Lipinski definition) is 2. The number of nitrogens with zero attached hydrogens (tertiary/aromatic N) is 3. The van der Waals surface area contributed by atoms with E-state index in [1.54, 1.807) is 6.08 Å². The fourth-order valence-corrected chi connectivity index (χ4v) is 3.33. The normalized spacial score (nSPS) is 17.7. The summed E-state index contributed by atoms with van der Waals surface area (Å²) in [7, 11) is 0. The third-order valence-electron chi connectivity index (χ3n) is 5.04. The van der Waals surface area contributed by atoms with Gasteiger partial charge in [-0.25, -0.2) is 4.99 Å². The number of guanidine groups is 1. The molecule has 0 bridgehead atoms. The van der Waals surface area contributed by atoms with Gasteiger partial charge < -0.3 is 20.3 Å². The molecule has 1 aromatic rings. The molecule has 0 unspecified atom stereocenters. The van der Waals surface area contributed by atoms with Gasteiger partial charge in [0.25, 0.3) is 0 Å². The molecule has 0 aromatic heterocycles. The second-order valence-corrected chi connectivity index (χ2v) is 7.48. The van der Waals surface area contributed by atoms with Crippen molar-refractivity contribution in [1.82, 2.24) is 20.4 Å². The van der Waals surface area contributed by atoms with Crippen LogP contribution in [0.3, 0.4) is 0 Å². The van der Waals surface area contributed by atoms with E-state index < -0.39 is 0 Å². The third kappa shape index (κ3) is 6.78. The van der Waals surface area contributed by atoms with Crippen LogP contribution in [-0.4, -0.2) is 73.6 Å². The molecule has 1 saturated heterocycles. The molecule has 158 valence electrons. The molecule has 2 aliphatic rings. The van der Waals surface area contributed by atoms with Crippen LogP contribution >= 0.6 is 0 Å². The first-order valence-electron chi connectivity index (χ1n) is 10.6. The minimum absolute atomic E-state index is 0.151. The van der Waals surface area contributed by atoms with E-state index in [9.17, 15) is 4.79 Å². The van der Waals surface area contributed by atoms with Gasteiger partial charge in [-0.15, -0.1) is 0 Å². The van der Waals surface area contributed by atoms with Crippen molar-refractivity contribution in [3.05, 3.63) is 42.5 Å². The molecule has 1 saturated carbocycles. The zero-order chi connectivity index (χ0) is 20.5. The Morgan fingerprint density at radius 1 is 1.28 bits per heavy atom. The quantitative estimate of drug-likeness (QED) is 0.375. The SMILES string of the molecule is C=CCOc1ccccc1CN=C(NCC)N1CCN(CC(=O)NC2CC2)CC1. The van der Waals surface area contributed by atoms with Crippen LogP contribution in [0.1, 0.15) is 25.3 Å². The maximum Gasteiger partial charge on any atom is 0.234 e. The molecular formula is C22H33N5O2. The van der Waals surface area contributed by atoms with Gasteiger partial charge in [-0.05, 0) is 25.8 Å². The number of piperazine rings is 1. The van der Waals surface area contributed by atoms with Gasteiger partial charge in [0.15, 0.2) is 5.96 Å². The maximum atomic E-state index is 12.0. The predicted molar refractivity (Wildman–Crippen MR) is 116 cm³/mol. The van der Waals surface area contributed by atoms with E-state index in [4.69, 9.17) is 9.73 Å². The van der Waals surface area contributed by atoms with Crippen LogP contribution in [0.15, 0.2) is 41.9 Å². The van der Waals surface area contributed by atoms with Gasteiger partial charge in [-0.1, -0.05) is 30.9 Å². The van der Waals surface area contributed by atoms with E-state index >= 15 is 0 Å². The summed E-state index contributed by atoms with van der Waals surface area (Å²) >= 11 is 0. The van der Waals surface area contributed by atoms with E-state index in [2.05, 4.69) is 33.9 Å². The second-order valence-electron chi connectivity index (χ2n) is 7.48. The van der Waals surface area contributed by atoms with Crippen molar-refractivity contribution < 1.29 is 9.53 Å². The third-order valence-corrected chi connectivity index (χ3v) is 5.04. The lowest BCUT2D eigenvalue weighted by molar-refractivity contribution is -0.122. The highest BCUT2D eigenvalue weighted by Crippen LogP contribution is 2.19. The molecule has 7 heteroatoms. The van der Waals surface area contributed by atoms with E-state index in [1.807, 2.05) is 24.3 Å². The van der Waals surface area contributed by atoms with Gasteiger partial charge in [-0.2, -0.15) is 0 Å². The highest BCUT2D eigenvalue weighted by Gasteiger charge is 2.25. The summed E-state index contributed by atoms with van der Waals surface area (Å²) in [4.78, 5) is 21.4. The number of carbonyl (C=O) groups is 1. The molecule has 3 rings (SSSR count). The van der Waals surface area contributed by atoms with Crippen molar-refractivity contribution in [1.29, 1.82) is 0 Å². The zero-order valence-corrected chi connectivity index (χ0v) is 17.4. The number of rotatable bonds is 9. The molecule has 1 aliphatic heterocycles. The first-order chi connectivity index (χ1) is 14.2. The Morgan fingerprint density at radius 2 is 2.03 bits per heavy atom. The summed E-state index contributed by atoms with van der Waals surface area (Å²) < 4.78 is 5.74. The number of nitrogens with one attached hydrogen (secondary N) is 2. The summed E-state index contributed by atoms with van der Waals surface area (Å²) in [6, 6.07) is 8.41. The molecule has 1 aliphatic carbocycles. The summed E-state index contributed by atoms with van der Waals surface area (Å²) in [5, 5.41) is 6.46. The van der Waals surface area contributed by atoms with Crippen molar-refractivity contribution in [2.75, 3.05) is 45.9 Å². The van der Waals surface area contributed by atoms with E-state index in [-0.39, 0.29) is 5.91 Å². The lowest BCUT2D eigenvalue weighted by Gasteiger charge is -2.36. The Labute approximate surface area is 173 Å². The van der Waals surface area contributed by atoms with E-state index in [0.29, 0.717) is 25.7 Å². The Bertz CT molecular complexity index is 709. The van der Waals surface area contributed by atoms with E-state index in [0.717, 1.165) is 62.8 Å². The smallest absolute Gasteiger partial charge is 0.234 e. The molecule has 2 fully saturated rings. The average Bonchev–Trinajstić information content (AvgIpc) is 3.54. The lowest BCUT2D eigenvalue weighted by atomic mass is 10.2. The van der Waals surface area contributed by atoms with Crippen molar-refractivity contribution in [2.24, 2.45) is 4.99 Å². The fraction of sp³-hybridized carbons (Fsp3) is 0.545. The Kier molecular flexibility index (Phi) is 7.93. The highest BCUT2D eigenvalue weighted by atomic mass is 16.5. The van der Waals surface area contributed by atoms with Gasteiger partial charge in [0, 0.05) is 44.3 Å². The van der Waals surface area contributed by atoms with Crippen molar-refractivity contribution in [2.45, 2.75) is 32.4 Å². The highest BCUT2D eigenvalue weighted by molar-refractivity contribution is 5.80. The predicted octanol–water partition coefficient (Wildman–Crippen LogP) is 1.61. The van der Waals surface area contributed by atoms with Crippen LogP contribution in [0.4, 0.5) is 0 Å². The van der Waals surface area contributed by atoms with Gasteiger partial charge in [0.1, 0.15) is 12.4 Å². The van der Waals surface area contributed by atoms with Crippen molar-refractivity contribution in [3.8, 4) is 5.75 Å². The second kappa shape index (κ2) is 10.9. The molecule has 7 nitrogen and oxygen atoms in total. The van der Waals surface area contributed by atoms with Crippen LogP contribution in [-0.2, 0) is 11.3 Å². The Morgan fingerprint density at radius 3 is 2.72 bits per heavy atom. The van der Waals surface area contributed by atoms with Crippen LogP contribution in [0.25, 0.3) is 0 Å². The number of benzene rings is 1. The molecule has 29 heavy (non-hydrogen) atoms. The van der Waals surface area contributed by atoms with Crippen LogP contribution in [0.5, 0.6) is 5.75 Å². The topological polar surface area (TPSA) is 69.2 Å². The minimum atomic E-state index is 0.151. The fourth-order valence-electron chi connectivity index (χ4n) is 3.33. The monoisotopic (exact) mass is 399 g/mol. The molecule has 1 amide bonds. The van der Waals surface area contributed by atoms with Crippen LogP contribution < -0.4 is 15.4 Å². The van der Waals surface area contributed by atoms with Crippen molar-refractivity contribution in [3.63, 3.8) is 0 Å². The summed E-state index contributed by atoms with van der Waals surface area (Å²) in [5.41, 5.74) is 1.06. The lowest BCUT2D eigenvalue weighted by Crippen LogP contribution is -2.54. The standard InChI is InChI=1S/C22H33N5O2/c1-3-15-29-20-8-6-5-7-18(20)16-24-22(23-4-2)27-13-11-26(12-14-27)17-21(28)25-19-9-10-19/h3,5-8,19H,1,4,9-17H2,2H3,(H,23,24)(H,25,28). The van der Waals surface area contributed by atoms with Gasteiger partial charge in [-0.3, -0.25) is 9.69 Å². The molecule has 0 spiro atoms. The first kappa shape index (κ1) is 21.2.